The maximum absolute atomic E-state index is 12.8. The summed E-state index contributed by atoms with van der Waals surface area (Å²) in [5, 5.41) is 7.10. The quantitative estimate of drug-likeness (QED) is 0.525. The number of benzene rings is 1. The van der Waals surface area contributed by atoms with Gasteiger partial charge in [0.25, 0.3) is 5.91 Å². The molecular weight excluding hydrogens is 408 g/mol. The number of nitrogens with zero attached hydrogens (tertiary/aromatic N) is 5. The van der Waals surface area contributed by atoms with Gasteiger partial charge in [-0.3, -0.25) is 14.9 Å². The highest BCUT2D eigenvalue weighted by atomic mass is 16.5. The van der Waals surface area contributed by atoms with Crippen LogP contribution in [0.5, 0.6) is 5.88 Å². The van der Waals surface area contributed by atoms with Crippen molar-refractivity contribution in [1.29, 1.82) is 0 Å². The normalized spacial score (nSPS) is 13.8. The van der Waals surface area contributed by atoms with E-state index in [9.17, 15) is 9.59 Å². The Morgan fingerprint density at radius 3 is 2.75 bits per heavy atom. The Balaban J connectivity index is 1.35. The minimum absolute atomic E-state index is 0.152. The van der Waals surface area contributed by atoms with Crippen molar-refractivity contribution in [2.24, 2.45) is 0 Å². The zero-order chi connectivity index (χ0) is 22.2. The Kier molecular flexibility index (Phi) is 4.78. The Labute approximate surface area is 183 Å². The summed E-state index contributed by atoms with van der Waals surface area (Å²) in [5.74, 6) is 0.171. The number of fused-ring (bicyclic) bond motifs is 2. The Bertz CT molecular complexity index is 1350. The van der Waals surface area contributed by atoms with Crippen LogP contribution in [-0.4, -0.2) is 49.4 Å². The van der Waals surface area contributed by atoms with Crippen LogP contribution in [-0.2, 0) is 11.3 Å². The number of anilines is 1. The topological polar surface area (TPSA) is 102 Å². The number of hydrogen-bond donors (Lipinski definition) is 1. The van der Waals surface area contributed by atoms with Crippen molar-refractivity contribution in [3.63, 3.8) is 0 Å². The highest BCUT2D eigenvalue weighted by Crippen LogP contribution is 2.28. The molecule has 9 heteroatoms. The monoisotopic (exact) mass is 428 g/mol. The van der Waals surface area contributed by atoms with E-state index in [1.54, 1.807) is 48.0 Å². The van der Waals surface area contributed by atoms with Gasteiger partial charge in [0.1, 0.15) is 6.04 Å². The first kappa shape index (κ1) is 19.7. The van der Waals surface area contributed by atoms with E-state index in [4.69, 9.17) is 4.74 Å². The molecule has 4 aromatic rings. The van der Waals surface area contributed by atoms with E-state index in [1.807, 2.05) is 36.4 Å². The molecular formula is C23H20N6O3. The fraction of sp³-hybridized carbons (Fsp3) is 0.174. The second-order valence-corrected chi connectivity index (χ2v) is 7.47. The van der Waals surface area contributed by atoms with Gasteiger partial charge in [-0.25, -0.2) is 9.50 Å². The van der Waals surface area contributed by atoms with Crippen LogP contribution in [0.1, 0.15) is 22.8 Å². The molecule has 0 fully saturated rings. The Morgan fingerprint density at radius 2 is 1.94 bits per heavy atom. The molecule has 0 radical (unpaired) electrons. The number of nitrogens with one attached hydrogen (secondary N) is 1. The van der Waals surface area contributed by atoms with E-state index >= 15 is 0 Å². The molecule has 3 aromatic heterocycles. The molecule has 32 heavy (non-hydrogen) atoms. The van der Waals surface area contributed by atoms with E-state index in [1.165, 1.54) is 0 Å². The molecule has 0 bridgehead atoms. The lowest BCUT2D eigenvalue weighted by Crippen LogP contribution is -2.42. The number of rotatable bonds is 5. The molecule has 1 aliphatic rings. The SMILES string of the molecule is COc1ncccc1-c1ccc2nc(NC(=O)[C@@H](C)N3Cc4ccccc4C3=O)nn2c1. The summed E-state index contributed by atoms with van der Waals surface area (Å²) in [5.41, 5.74) is 3.79. The van der Waals surface area contributed by atoms with Gasteiger partial charge >= 0.3 is 0 Å². The molecule has 1 aromatic carbocycles. The van der Waals surface area contributed by atoms with Gasteiger partial charge in [0.2, 0.25) is 17.7 Å². The van der Waals surface area contributed by atoms with Crippen molar-refractivity contribution in [3.8, 4) is 17.0 Å². The van der Waals surface area contributed by atoms with Crippen LogP contribution in [0, 0.1) is 0 Å². The lowest BCUT2D eigenvalue weighted by Gasteiger charge is -2.22. The second-order valence-electron chi connectivity index (χ2n) is 7.47. The number of pyridine rings is 2. The van der Waals surface area contributed by atoms with Crippen molar-refractivity contribution in [2.75, 3.05) is 12.4 Å². The van der Waals surface area contributed by atoms with Crippen molar-refractivity contribution in [3.05, 3.63) is 72.1 Å². The van der Waals surface area contributed by atoms with Gasteiger partial charge < -0.3 is 9.64 Å². The highest BCUT2D eigenvalue weighted by molar-refractivity contribution is 6.03. The van der Waals surface area contributed by atoms with Crippen molar-refractivity contribution in [2.45, 2.75) is 19.5 Å². The van der Waals surface area contributed by atoms with Crippen LogP contribution in [0.4, 0.5) is 5.95 Å². The molecule has 0 unspecified atom stereocenters. The third kappa shape index (κ3) is 3.33. The van der Waals surface area contributed by atoms with E-state index in [2.05, 4.69) is 20.4 Å². The number of methoxy groups -OCH3 is 1. The Hall–Kier alpha value is -4.27. The van der Waals surface area contributed by atoms with Gasteiger partial charge in [-0.2, -0.15) is 4.98 Å². The molecule has 0 aliphatic carbocycles. The fourth-order valence-electron chi connectivity index (χ4n) is 3.81. The van der Waals surface area contributed by atoms with E-state index in [0.717, 1.165) is 16.7 Å². The summed E-state index contributed by atoms with van der Waals surface area (Å²) in [6.45, 7) is 2.10. The number of carbonyl (C=O) groups excluding carboxylic acids is 2. The molecule has 0 saturated carbocycles. The zero-order valence-corrected chi connectivity index (χ0v) is 17.5. The first-order chi connectivity index (χ1) is 15.5. The predicted molar refractivity (Wildman–Crippen MR) is 117 cm³/mol. The standard InChI is InChI=1S/C23H20N6O3/c1-14(28-12-15-6-3-4-7-18(15)22(28)31)20(30)26-23-25-19-10-9-16(13-29(19)27-23)17-8-5-11-24-21(17)32-2/h3-11,13-14H,12H2,1-2H3,(H,26,27,30)/t14-/m1/s1. The van der Waals surface area contributed by atoms with Crippen molar-refractivity contribution in [1.82, 2.24) is 24.5 Å². The molecule has 4 heterocycles. The van der Waals surface area contributed by atoms with Crippen LogP contribution >= 0.6 is 0 Å². The summed E-state index contributed by atoms with van der Waals surface area (Å²) in [6.07, 6.45) is 3.45. The molecule has 0 spiro atoms. The van der Waals surface area contributed by atoms with Crippen molar-refractivity contribution < 1.29 is 14.3 Å². The van der Waals surface area contributed by atoms with Gasteiger partial charge in [0, 0.05) is 35.6 Å². The average molecular weight is 428 g/mol. The number of aromatic nitrogens is 4. The third-order valence-electron chi connectivity index (χ3n) is 5.54. The summed E-state index contributed by atoms with van der Waals surface area (Å²) >= 11 is 0. The second kappa shape index (κ2) is 7.77. The first-order valence-corrected chi connectivity index (χ1v) is 10.1. The number of amides is 2. The average Bonchev–Trinajstić information content (AvgIpc) is 3.38. The summed E-state index contributed by atoms with van der Waals surface area (Å²) in [4.78, 5) is 35.6. The summed E-state index contributed by atoms with van der Waals surface area (Å²) in [7, 11) is 1.57. The van der Waals surface area contributed by atoms with Crippen LogP contribution in [0.25, 0.3) is 16.8 Å². The zero-order valence-electron chi connectivity index (χ0n) is 17.5. The van der Waals surface area contributed by atoms with Crippen LogP contribution < -0.4 is 10.1 Å². The van der Waals surface area contributed by atoms with E-state index < -0.39 is 6.04 Å². The maximum atomic E-state index is 12.8. The van der Waals surface area contributed by atoms with E-state index in [0.29, 0.717) is 23.6 Å². The molecule has 1 N–H and O–H groups in total. The number of hydrogen-bond acceptors (Lipinski definition) is 6. The number of ether oxygens (including phenoxy) is 1. The van der Waals surface area contributed by atoms with Gasteiger partial charge in [-0.15, -0.1) is 5.10 Å². The number of carbonyl (C=O) groups is 2. The largest absolute Gasteiger partial charge is 0.481 e. The minimum atomic E-state index is -0.670. The smallest absolute Gasteiger partial charge is 0.255 e. The van der Waals surface area contributed by atoms with Crippen LogP contribution in [0.15, 0.2) is 60.9 Å². The predicted octanol–water partition coefficient (Wildman–Crippen LogP) is 2.78. The molecule has 1 atom stereocenters. The Morgan fingerprint density at radius 1 is 1.12 bits per heavy atom. The lowest BCUT2D eigenvalue weighted by molar-refractivity contribution is -0.120. The lowest BCUT2D eigenvalue weighted by atomic mass is 10.1. The van der Waals surface area contributed by atoms with Crippen LogP contribution in [0.3, 0.4) is 0 Å². The molecule has 160 valence electrons. The van der Waals surface area contributed by atoms with Crippen molar-refractivity contribution >= 4 is 23.4 Å². The molecule has 2 amide bonds. The molecule has 1 aliphatic heterocycles. The summed E-state index contributed by atoms with van der Waals surface area (Å²) in [6, 6.07) is 14.1. The molecule has 9 nitrogen and oxygen atoms in total. The molecule has 5 rings (SSSR count). The minimum Gasteiger partial charge on any atom is -0.481 e. The maximum Gasteiger partial charge on any atom is 0.255 e. The highest BCUT2D eigenvalue weighted by Gasteiger charge is 2.33. The van der Waals surface area contributed by atoms with Gasteiger partial charge in [0.15, 0.2) is 5.65 Å². The fourth-order valence-corrected chi connectivity index (χ4v) is 3.81. The van der Waals surface area contributed by atoms with E-state index in [-0.39, 0.29) is 17.8 Å². The first-order valence-electron chi connectivity index (χ1n) is 10.1. The molecule has 0 saturated heterocycles. The van der Waals surface area contributed by atoms with Crippen LogP contribution in [0.2, 0.25) is 0 Å². The third-order valence-corrected chi connectivity index (χ3v) is 5.54. The summed E-state index contributed by atoms with van der Waals surface area (Å²) < 4.78 is 6.91. The van der Waals surface area contributed by atoms with Gasteiger partial charge in [0.05, 0.1) is 7.11 Å². The van der Waals surface area contributed by atoms with Gasteiger partial charge in [-0.1, -0.05) is 18.2 Å². The van der Waals surface area contributed by atoms with Gasteiger partial charge in [-0.05, 0) is 42.8 Å².